The van der Waals surface area contributed by atoms with Gasteiger partial charge in [0, 0.05) is 17.5 Å². The number of carbonyl (C=O) groups is 2. The van der Waals surface area contributed by atoms with Crippen LogP contribution in [0.2, 0.25) is 0 Å². The first-order valence-electron chi connectivity index (χ1n) is 8.37. The first kappa shape index (κ1) is 16.8. The van der Waals surface area contributed by atoms with Gasteiger partial charge in [0.1, 0.15) is 11.3 Å². The monoisotopic (exact) mass is 336 g/mol. The molecule has 2 N–H and O–H groups in total. The SMILES string of the molecule is CCCCC(=O)Nc1c(C(=O)Nc2ccccc2)oc2ccccc12. The van der Waals surface area contributed by atoms with Crippen molar-refractivity contribution in [3.05, 3.63) is 60.4 Å². The van der Waals surface area contributed by atoms with Crippen molar-refractivity contribution in [1.29, 1.82) is 0 Å². The Kier molecular flexibility index (Phi) is 5.14. The fourth-order valence-corrected chi connectivity index (χ4v) is 2.58. The van der Waals surface area contributed by atoms with Gasteiger partial charge in [-0.3, -0.25) is 9.59 Å². The van der Waals surface area contributed by atoms with Crippen LogP contribution in [0.25, 0.3) is 11.0 Å². The van der Waals surface area contributed by atoms with Crippen LogP contribution in [0, 0.1) is 0 Å². The number of fused-ring (bicyclic) bond motifs is 1. The highest BCUT2D eigenvalue weighted by Gasteiger charge is 2.22. The first-order valence-corrected chi connectivity index (χ1v) is 8.37. The Morgan fingerprint density at radius 1 is 0.960 bits per heavy atom. The van der Waals surface area contributed by atoms with Crippen molar-refractivity contribution in [2.24, 2.45) is 0 Å². The van der Waals surface area contributed by atoms with Crippen LogP contribution in [0.4, 0.5) is 11.4 Å². The molecule has 25 heavy (non-hydrogen) atoms. The number of benzene rings is 2. The van der Waals surface area contributed by atoms with Crippen molar-refractivity contribution >= 4 is 34.2 Å². The average Bonchev–Trinajstić information content (AvgIpc) is 2.99. The van der Waals surface area contributed by atoms with E-state index in [1.54, 1.807) is 18.2 Å². The average molecular weight is 336 g/mol. The van der Waals surface area contributed by atoms with Gasteiger partial charge < -0.3 is 15.1 Å². The number of hydrogen-bond acceptors (Lipinski definition) is 3. The zero-order valence-electron chi connectivity index (χ0n) is 14.0. The highest BCUT2D eigenvalue weighted by Crippen LogP contribution is 2.31. The van der Waals surface area contributed by atoms with Crippen molar-refractivity contribution in [2.75, 3.05) is 10.6 Å². The molecule has 0 atom stereocenters. The molecule has 3 aromatic rings. The molecule has 2 aromatic carbocycles. The van der Waals surface area contributed by atoms with Gasteiger partial charge in [-0.15, -0.1) is 0 Å². The largest absolute Gasteiger partial charge is 0.449 e. The van der Waals surface area contributed by atoms with E-state index < -0.39 is 5.91 Å². The van der Waals surface area contributed by atoms with Crippen molar-refractivity contribution < 1.29 is 14.0 Å². The summed E-state index contributed by atoms with van der Waals surface area (Å²) >= 11 is 0. The molecular formula is C20H20N2O3. The van der Waals surface area contributed by atoms with E-state index in [-0.39, 0.29) is 11.7 Å². The van der Waals surface area contributed by atoms with Gasteiger partial charge >= 0.3 is 0 Å². The number of amides is 2. The topological polar surface area (TPSA) is 71.3 Å². The minimum atomic E-state index is -0.395. The van der Waals surface area contributed by atoms with Crippen LogP contribution in [0.1, 0.15) is 36.7 Å². The van der Waals surface area contributed by atoms with Gasteiger partial charge in [0.25, 0.3) is 5.91 Å². The lowest BCUT2D eigenvalue weighted by atomic mass is 10.2. The van der Waals surface area contributed by atoms with Crippen LogP contribution in [-0.4, -0.2) is 11.8 Å². The molecule has 0 aliphatic rings. The molecule has 0 spiro atoms. The molecule has 0 unspecified atom stereocenters. The summed E-state index contributed by atoms with van der Waals surface area (Å²) in [5, 5.41) is 6.35. The lowest BCUT2D eigenvalue weighted by Gasteiger charge is -2.07. The van der Waals surface area contributed by atoms with Gasteiger partial charge in [-0.1, -0.05) is 43.7 Å². The second-order valence-corrected chi connectivity index (χ2v) is 5.77. The molecule has 5 heteroatoms. The van der Waals surface area contributed by atoms with Crippen LogP contribution in [0.5, 0.6) is 0 Å². The van der Waals surface area contributed by atoms with Crippen molar-refractivity contribution in [3.63, 3.8) is 0 Å². The first-order chi connectivity index (χ1) is 12.2. The fraction of sp³-hybridized carbons (Fsp3) is 0.200. The summed E-state index contributed by atoms with van der Waals surface area (Å²) in [4.78, 5) is 24.8. The van der Waals surface area contributed by atoms with Crippen molar-refractivity contribution in [3.8, 4) is 0 Å². The normalized spacial score (nSPS) is 10.6. The van der Waals surface area contributed by atoms with Gasteiger partial charge in [-0.2, -0.15) is 0 Å². The fourth-order valence-electron chi connectivity index (χ4n) is 2.58. The van der Waals surface area contributed by atoms with E-state index in [1.807, 2.05) is 43.3 Å². The standard InChI is InChI=1S/C20H20N2O3/c1-2-3-13-17(23)22-18-15-11-7-8-12-16(15)25-19(18)20(24)21-14-9-5-4-6-10-14/h4-12H,2-3,13H2,1H3,(H,21,24)(H,22,23). The molecule has 0 fully saturated rings. The van der Waals surface area contributed by atoms with Crippen LogP contribution >= 0.6 is 0 Å². The molecule has 0 radical (unpaired) electrons. The third kappa shape index (κ3) is 3.88. The zero-order valence-corrected chi connectivity index (χ0v) is 14.0. The molecule has 1 aromatic heterocycles. The molecule has 5 nitrogen and oxygen atoms in total. The Hall–Kier alpha value is -3.08. The van der Waals surface area contributed by atoms with Crippen molar-refractivity contribution in [2.45, 2.75) is 26.2 Å². The maximum absolute atomic E-state index is 12.6. The summed E-state index contributed by atoms with van der Waals surface area (Å²) in [6.45, 7) is 2.03. The van der Waals surface area contributed by atoms with Crippen LogP contribution < -0.4 is 10.6 Å². The van der Waals surface area contributed by atoms with Gasteiger partial charge in [-0.05, 0) is 30.7 Å². The number of furan rings is 1. The van der Waals surface area contributed by atoms with Crippen LogP contribution in [0.15, 0.2) is 59.0 Å². The van der Waals surface area contributed by atoms with Gasteiger partial charge in [-0.25, -0.2) is 0 Å². The lowest BCUT2D eigenvalue weighted by Crippen LogP contribution is -2.16. The highest BCUT2D eigenvalue weighted by molar-refractivity contribution is 6.14. The lowest BCUT2D eigenvalue weighted by molar-refractivity contribution is -0.116. The van der Waals surface area contributed by atoms with E-state index in [0.29, 0.717) is 28.8 Å². The zero-order chi connectivity index (χ0) is 17.6. The number of unbranched alkanes of at least 4 members (excludes halogenated alkanes) is 1. The minimum absolute atomic E-state index is 0.106. The number of carbonyl (C=O) groups excluding carboxylic acids is 2. The Morgan fingerprint density at radius 2 is 1.68 bits per heavy atom. The maximum Gasteiger partial charge on any atom is 0.293 e. The van der Waals surface area contributed by atoms with Crippen LogP contribution in [-0.2, 0) is 4.79 Å². The van der Waals surface area contributed by atoms with Gasteiger partial charge in [0.15, 0.2) is 0 Å². The number of anilines is 2. The molecular weight excluding hydrogens is 316 g/mol. The van der Waals surface area contributed by atoms with E-state index >= 15 is 0 Å². The van der Waals surface area contributed by atoms with Gasteiger partial charge in [0.2, 0.25) is 11.7 Å². The van der Waals surface area contributed by atoms with E-state index in [1.165, 1.54) is 0 Å². The quantitative estimate of drug-likeness (QED) is 0.678. The molecule has 1 heterocycles. The molecule has 0 saturated heterocycles. The molecule has 0 bridgehead atoms. The summed E-state index contributed by atoms with van der Waals surface area (Å²) in [6.07, 6.45) is 2.14. The van der Waals surface area contributed by atoms with E-state index in [4.69, 9.17) is 4.42 Å². The van der Waals surface area contributed by atoms with Gasteiger partial charge in [0.05, 0.1) is 0 Å². The predicted octanol–water partition coefficient (Wildman–Crippen LogP) is 4.81. The predicted molar refractivity (Wildman–Crippen MR) is 98.8 cm³/mol. The number of para-hydroxylation sites is 2. The van der Waals surface area contributed by atoms with E-state index in [2.05, 4.69) is 10.6 Å². The second kappa shape index (κ2) is 7.66. The Bertz CT molecular complexity index is 884. The van der Waals surface area contributed by atoms with Crippen molar-refractivity contribution in [1.82, 2.24) is 0 Å². The minimum Gasteiger partial charge on any atom is -0.449 e. The van der Waals surface area contributed by atoms with E-state index in [9.17, 15) is 9.59 Å². The third-order valence-corrected chi connectivity index (χ3v) is 3.86. The summed E-state index contributed by atoms with van der Waals surface area (Å²) in [6, 6.07) is 16.4. The highest BCUT2D eigenvalue weighted by atomic mass is 16.3. The Labute approximate surface area is 146 Å². The smallest absolute Gasteiger partial charge is 0.293 e. The summed E-state index contributed by atoms with van der Waals surface area (Å²) < 4.78 is 5.71. The van der Waals surface area contributed by atoms with Crippen LogP contribution in [0.3, 0.4) is 0 Å². The molecule has 0 saturated carbocycles. The summed E-state index contributed by atoms with van der Waals surface area (Å²) in [5.74, 6) is -0.412. The molecule has 0 aliphatic carbocycles. The number of rotatable bonds is 6. The second-order valence-electron chi connectivity index (χ2n) is 5.77. The third-order valence-electron chi connectivity index (χ3n) is 3.86. The molecule has 3 rings (SSSR count). The van der Waals surface area contributed by atoms with E-state index in [0.717, 1.165) is 12.8 Å². The molecule has 128 valence electrons. The Morgan fingerprint density at radius 3 is 2.44 bits per heavy atom. The summed E-state index contributed by atoms with van der Waals surface area (Å²) in [5.41, 5.74) is 1.65. The number of nitrogens with one attached hydrogen (secondary N) is 2. The maximum atomic E-state index is 12.6. The number of hydrogen-bond donors (Lipinski definition) is 2. The molecule has 2 amide bonds. The summed E-state index contributed by atoms with van der Waals surface area (Å²) in [7, 11) is 0. The Balaban J connectivity index is 1.92. The molecule has 0 aliphatic heterocycles.